The van der Waals surface area contributed by atoms with Crippen LogP contribution in [0.25, 0.3) is 0 Å². The van der Waals surface area contributed by atoms with Crippen LogP contribution in [0.3, 0.4) is 0 Å². The second kappa shape index (κ2) is 6.17. The van der Waals surface area contributed by atoms with Crippen LogP contribution in [0.15, 0.2) is 23.3 Å². The molecule has 0 fully saturated rings. The number of methoxy groups -OCH3 is 1. The van der Waals surface area contributed by atoms with Crippen molar-refractivity contribution in [1.29, 1.82) is 0 Å². The van der Waals surface area contributed by atoms with E-state index in [2.05, 4.69) is 41.5 Å². The number of carbonyl (C=O) groups is 2. The van der Waals surface area contributed by atoms with Gasteiger partial charge in [0.1, 0.15) is 0 Å². The Bertz CT molecular complexity index is 482. The van der Waals surface area contributed by atoms with Crippen LogP contribution in [0.1, 0.15) is 54.4 Å². The first-order chi connectivity index (χ1) is 9.46. The number of ketones is 1. The molecule has 0 aliphatic heterocycles. The smallest absolute Gasteiger partial charge is 0.305 e. The first kappa shape index (κ1) is 17.7. The first-order valence-corrected chi connectivity index (χ1v) is 7.50. The van der Waals surface area contributed by atoms with Gasteiger partial charge in [-0.05, 0) is 17.3 Å². The number of allylic oxidation sites excluding steroid dienone is 4. The van der Waals surface area contributed by atoms with E-state index in [-0.39, 0.29) is 28.5 Å². The minimum atomic E-state index is -0.217. The van der Waals surface area contributed by atoms with E-state index in [1.807, 2.05) is 12.2 Å². The number of carbonyl (C=O) groups excluding carboxylic acids is 2. The van der Waals surface area contributed by atoms with Gasteiger partial charge in [-0.1, -0.05) is 59.3 Å². The van der Waals surface area contributed by atoms with E-state index in [1.54, 1.807) is 0 Å². The SMILES string of the molecule is COC(=O)CCC1=CC(C(C)(C)C)C(=O)C(C(C)(C)C)=C1. The summed E-state index contributed by atoms with van der Waals surface area (Å²) in [6.07, 6.45) is 4.96. The zero-order valence-corrected chi connectivity index (χ0v) is 14.4. The molecule has 1 aliphatic rings. The first-order valence-electron chi connectivity index (χ1n) is 7.50. The summed E-state index contributed by atoms with van der Waals surface area (Å²) in [6.45, 7) is 12.4. The summed E-state index contributed by atoms with van der Waals surface area (Å²) in [6, 6.07) is 0. The molecule has 0 amide bonds. The molecule has 0 saturated carbocycles. The molecule has 21 heavy (non-hydrogen) atoms. The van der Waals surface area contributed by atoms with Gasteiger partial charge in [-0.2, -0.15) is 0 Å². The highest BCUT2D eigenvalue weighted by atomic mass is 16.5. The van der Waals surface area contributed by atoms with Crippen molar-refractivity contribution in [3.63, 3.8) is 0 Å². The van der Waals surface area contributed by atoms with Crippen molar-refractivity contribution in [2.75, 3.05) is 7.11 Å². The summed E-state index contributed by atoms with van der Waals surface area (Å²) in [7, 11) is 1.40. The maximum Gasteiger partial charge on any atom is 0.305 e. The molecule has 0 radical (unpaired) electrons. The Balaban J connectivity index is 3.11. The molecule has 0 aromatic rings. The lowest BCUT2D eigenvalue weighted by molar-refractivity contribution is -0.140. The predicted molar refractivity (Wildman–Crippen MR) is 84.8 cm³/mol. The molecular formula is C18H28O3. The number of esters is 1. The maximum absolute atomic E-state index is 12.8. The van der Waals surface area contributed by atoms with Crippen LogP contribution in [0, 0.1) is 16.7 Å². The molecule has 1 rings (SSSR count). The van der Waals surface area contributed by atoms with E-state index in [4.69, 9.17) is 4.74 Å². The van der Waals surface area contributed by atoms with Crippen molar-refractivity contribution in [1.82, 2.24) is 0 Å². The highest BCUT2D eigenvalue weighted by Crippen LogP contribution is 2.40. The second-order valence-electron chi connectivity index (χ2n) is 7.83. The molecule has 1 unspecified atom stereocenters. The topological polar surface area (TPSA) is 43.4 Å². The van der Waals surface area contributed by atoms with E-state index in [0.29, 0.717) is 12.8 Å². The molecule has 1 aliphatic carbocycles. The third kappa shape index (κ3) is 4.55. The largest absolute Gasteiger partial charge is 0.469 e. The molecular weight excluding hydrogens is 264 g/mol. The van der Waals surface area contributed by atoms with E-state index in [1.165, 1.54) is 7.11 Å². The molecule has 0 saturated heterocycles. The molecule has 0 N–H and O–H groups in total. The Morgan fingerprint density at radius 1 is 1.19 bits per heavy atom. The van der Waals surface area contributed by atoms with Gasteiger partial charge in [0.05, 0.1) is 7.11 Å². The monoisotopic (exact) mass is 292 g/mol. The van der Waals surface area contributed by atoms with Gasteiger partial charge >= 0.3 is 5.97 Å². The molecule has 0 spiro atoms. The lowest BCUT2D eigenvalue weighted by Gasteiger charge is -2.35. The highest BCUT2D eigenvalue weighted by molar-refractivity contribution is 6.01. The fraction of sp³-hybridized carbons (Fsp3) is 0.667. The lowest BCUT2D eigenvalue weighted by Crippen LogP contribution is -2.34. The Morgan fingerprint density at radius 2 is 1.76 bits per heavy atom. The molecule has 1 atom stereocenters. The van der Waals surface area contributed by atoms with Gasteiger partial charge < -0.3 is 4.74 Å². The van der Waals surface area contributed by atoms with Crippen LogP contribution in [0.4, 0.5) is 0 Å². The summed E-state index contributed by atoms with van der Waals surface area (Å²) in [5.74, 6) is -0.146. The molecule has 118 valence electrons. The average molecular weight is 292 g/mol. The van der Waals surface area contributed by atoms with E-state index in [9.17, 15) is 9.59 Å². The van der Waals surface area contributed by atoms with Gasteiger partial charge in [-0.3, -0.25) is 9.59 Å². The summed E-state index contributed by atoms with van der Waals surface area (Å²) in [4.78, 5) is 24.1. The number of hydrogen-bond acceptors (Lipinski definition) is 3. The van der Waals surface area contributed by atoms with Crippen molar-refractivity contribution >= 4 is 11.8 Å². The Kier molecular flexibility index (Phi) is 5.19. The average Bonchev–Trinajstić information content (AvgIpc) is 2.34. The van der Waals surface area contributed by atoms with Crippen LogP contribution < -0.4 is 0 Å². The fourth-order valence-corrected chi connectivity index (χ4v) is 2.50. The second-order valence-corrected chi connectivity index (χ2v) is 7.83. The van der Waals surface area contributed by atoms with Crippen molar-refractivity contribution < 1.29 is 14.3 Å². The van der Waals surface area contributed by atoms with Gasteiger partial charge in [-0.25, -0.2) is 0 Å². The molecule has 0 aromatic heterocycles. The standard InChI is InChI=1S/C18H28O3/c1-17(2,3)13-10-12(8-9-15(19)21-7)11-14(16(13)20)18(4,5)6/h10-11,13H,8-9H2,1-7H3. The zero-order chi connectivity index (χ0) is 16.4. The molecule has 3 heteroatoms. The number of Topliss-reactive ketones (excluding diaryl/α,β-unsaturated/α-hetero) is 1. The van der Waals surface area contributed by atoms with E-state index < -0.39 is 0 Å². The van der Waals surface area contributed by atoms with Gasteiger partial charge in [0.15, 0.2) is 5.78 Å². The summed E-state index contributed by atoms with van der Waals surface area (Å²) >= 11 is 0. The summed E-state index contributed by atoms with van der Waals surface area (Å²) < 4.78 is 4.70. The molecule has 3 nitrogen and oxygen atoms in total. The third-order valence-corrected chi connectivity index (χ3v) is 3.84. The van der Waals surface area contributed by atoms with Crippen molar-refractivity contribution in [2.24, 2.45) is 16.7 Å². The summed E-state index contributed by atoms with van der Waals surface area (Å²) in [5.41, 5.74) is 1.60. The molecule has 0 heterocycles. The minimum absolute atomic E-state index is 0.127. The van der Waals surface area contributed by atoms with Crippen molar-refractivity contribution in [2.45, 2.75) is 54.4 Å². The van der Waals surface area contributed by atoms with Gasteiger partial charge in [-0.15, -0.1) is 0 Å². The third-order valence-electron chi connectivity index (χ3n) is 3.84. The van der Waals surface area contributed by atoms with Gasteiger partial charge in [0.25, 0.3) is 0 Å². The van der Waals surface area contributed by atoms with Crippen LogP contribution in [0.2, 0.25) is 0 Å². The Hall–Kier alpha value is -1.38. The summed E-state index contributed by atoms with van der Waals surface area (Å²) in [5, 5.41) is 0. The predicted octanol–water partition coefficient (Wildman–Crippen LogP) is 4.08. The maximum atomic E-state index is 12.8. The Morgan fingerprint density at radius 3 is 2.19 bits per heavy atom. The van der Waals surface area contributed by atoms with Gasteiger partial charge in [0, 0.05) is 17.9 Å². The quantitative estimate of drug-likeness (QED) is 0.736. The van der Waals surface area contributed by atoms with E-state index in [0.717, 1.165) is 11.1 Å². The van der Waals surface area contributed by atoms with Crippen LogP contribution in [-0.2, 0) is 14.3 Å². The van der Waals surface area contributed by atoms with Gasteiger partial charge in [0.2, 0.25) is 0 Å². The van der Waals surface area contributed by atoms with Crippen LogP contribution >= 0.6 is 0 Å². The van der Waals surface area contributed by atoms with Crippen LogP contribution in [-0.4, -0.2) is 18.9 Å². The lowest BCUT2D eigenvalue weighted by atomic mass is 9.68. The van der Waals surface area contributed by atoms with Crippen molar-refractivity contribution in [3.05, 3.63) is 23.3 Å². The van der Waals surface area contributed by atoms with E-state index >= 15 is 0 Å². The number of rotatable bonds is 3. The normalized spacial score (nSPS) is 20.0. The molecule has 0 aromatic carbocycles. The van der Waals surface area contributed by atoms with Crippen LogP contribution in [0.5, 0.6) is 0 Å². The zero-order valence-electron chi connectivity index (χ0n) is 14.4. The number of hydrogen-bond donors (Lipinski definition) is 0. The van der Waals surface area contributed by atoms with Crippen molar-refractivity contribution in [3.8, 4) is 0 Å². The fourth-order valence-electron chi connectivity index (χ4n) is 2.50. The number of ether oxygens (including phenoxy) is 1. The Labute approximate surface area is 128 Å². The minimum Gasteiger partial charge on any atom is -0.469 e. The highest BCUT2D eigenvalue weighted by Gasteiger charge is 2.37. The molecule has 0 bridgehead atoms.